The molecule has 1 saturated carbocycles. The molecule has 3 nitrogen and oxygen atoms in total. The second kappa shape index (κ2) is 5.98. The van der Waals surface area contributed by atoms with Crippen LogP contribution in [0, 0.1) is 18.8 Å². The van der Waals surface area contributed by atoms with E-state index in [-0.39, 0.29) is 0 Å². The molecule has 1 aromatic rings. The van der Waals surface area contributed by atoms with Crippen molar-refractivity contribution in [2.45, 2.75) is 65.1 Å². The Morgan fingerprint density at radius 1 is 1.52 bits per heavy atom. The van der Waals surface area contributed by atoms with Crippen molar-refractivity contribution in [2.24, 2.45) is 11.8 Å². The van der Waals surface area contributed by atoms with E-state index in [9.17, 15) is 0 Å². The summed E-state index contributed by atoms with van der Waals surface area (Å²) >= 11 is 1.82. The fourth-order valence-electron chi connectivity index (χ4n) is 3.62. The molecule has 2 heterocycles. The monoisotopic (exact) mass is 307 g/mol. The fraction of sp³-hybridized carbons (Fsp3) is 0.824. The van der Waals surface area contributed by atoms with Gasteiger partial charge in [0, 0.05) is 35.7 Å². The van der Waals surface area contributed by atoms with Gasteiger partial charge in [0.05, 0.1) is 6.54 Å². The normalized spacial score (nSPS) is 32.3. The minimum Gasteiger partial charge on any atom is -0.311 e. The lowest BCUT2D eigenvalue weighted by Crippen LogP contribution is -2.65. The first-order chi connectivity index (χ1) is 10.0. The van der Waals surface area contributed by atoms with Crippen LogP contribution in [-0.4, -0.2) is 34.6 Å². The molecule has 118 valence electrons. The maximum atomic E-state index is 4.70. The highest BCUT2D eigenvalue weighted by Gasteiger charge is 2.48. The summed E-state index contributed by atoms with van der Waals surface area (Å²) in [5.74, 6) is 1.62. The summed E-state index contributed by atoms with van der Waals surface area (Å²) in [6.45, 7) is 12.6. The first-order valence-corrected chi connectivity index (χ1v) is 9.30. The molecule has 2 aliphatic rings. The minimum absolute atomic E-state index is 0.323. The highest BCUT2D eigenvalue weighted by atomic mass is 32.1. The summed E-state index contributed by atoms with van der Waals surface area (Å²) in [6.07, 6.45) is 4.06. The minimum atomic E-state index is 0.323. The third-order valence-electron chi connectivity index (χ3n) is 5.64. The average molecular weight is 308 g/mol. The first-order valence-electron chi connectivity index (χ1n) is 8.42. The Balaban J connectivity index is 1.76. The Kier molecular flexibility index (Phi) is 4.40. The molecule has 0 amide bonds. The number of hydrogen-bond donors (Lipinski definition) is 1. The number of piperazine rings is 1. The molecule has 2 fully saturated rings. The summed E-state index contributed by atoms with van der Waals surface area (Å²) in [4.78, 5) is 7.43. The molecule has 0 spiro atoms. The quantitative estimate of drug-likeness (QED) is 0.903. The molecule has 1 aromatic heterocycles. The van der Waals surface area contributed by atoms with Crippen molar-refractivity contribution < 1.29 is 0 Å². The van der Waals surface area contributed by atoms with Crippen LogP contribution in [0.4, 0.5) is 0 Å². The van der Waals surface area contributed by atoms with Crippen LogP contribution in [0.1, 0.15) is 50.7 Å². The van der Waals surface area contributed by atoms with Gasteiger partial charge in [-0.2, -0.15) is 0 Å². The standard InChI is InChI=1S/C17H29N3S/c1-5-12(2)15-8-20(9-16-19-13(3)10-21-16)17(4,11-18-15)14-6-7-14/h10,12,14-15,18H,5-9,11H2,1-4H3. The number of rotatable bonds is 5. The van der Waals surface area contributed by atoms with Crippen LogP contribution >= 0.6 is 11.3 Å². The van der Waals surface area contributed by atoms with Crippen molar-refractivity contribution in [2.75, 3.05) is 13.1 Å². The lowest BCUT2D eigenvalue weighted by molar-refractivity contribution is 0.0165. The molecule has 4 heteroatoms. The number of thiazole rings is 1. The zero-order valence-corrected chi connectivity index (χ0v) is 14.7. The Labute approximate surface area is 133 Å². The zero-order chi connectivity index (χ0) is 15.0. The van der Waals surface area contributed by atoms with Crippen LogP contribution in [0.25, 0.3) is 0 Å². The second-order valence-corrected chi connectivity index (χ2v) is 8.21. The van der Waals surface area contributed by atoms with E-state index in [2.05, 4.69) is 43.3 Å². The van der Waals surface area contributed by atoms with Gasteiger partial charge >= 0.3 is 0 Å². The summed E-state index contributed by atoms with van der Waals surface area (Å²) in [6, 6.07) is 0.628. The topological polar surface area (TPSA) is 28.2 Å². The molecule has 1 saturated heterocycles. The molecule has 1 aliphatic heterocycles. The van der Waals surface area contributed by atoms with Gasteiger partial charge in [-0.3, -0.25) is 4.90 Å². The molecule has 0 radical (unpaired) electrons. The van der Waals surface area contributed by atoms with Crippen molar-refractivity contribution in [3.8, 4) is 0 Å². The van der Waals surface area contributed by atoms with Gasteiger partial charge in [0.2, 0.25) is 0 Å². The average Bonchev–Trinajstić information content (AvgIpc) is 3.25. The predicted octanol–water partition coefficient (Wildman–Crippen LogP) is 3.44. The molecule has 0 aromatic carbocycles. The number of hydrogen-bond acceptors (Lipinski definition) is 4. The molecule has 1 aliphatic carbocycles. The highest BCUT2D eigenvalue weighted by molar-refractivity contribution is 7.09. The zero-order valence-electron chi connectivity index (χ0n) is 13.9. The maximum absolute atomic E-state index is 4.70. The maximum Gasteiger partial charge on any atom is 0.107 e. The fourth-order valence-corrected chi connectivity index (χ4v) is 4.40. The Hall–Kier alpha value is -0.450. The number of nitrogens with zero attached hydrogens (tertiary/aromatic N) is 2. The third kappa shape index (κ3) is 3.17. The van der Waals surface area contributed by atoms with Crippen molar-refractivity contribution in [1.82, 2.24) is 15.2 Å². The van der Waals surface area contributed by atoms with Crippen LogP contribution < -0.4 is 5.32 Å². The van der Waals surface area contributed by atoms with Crippen LogP contribution in [0.5, 0.6) is 0 Å². The molecular weight excluding hydrogens is 278 g/mol. The van der Waals surface area contributed by atoms with Crippen molar-refractivity contribution in [3.63, 3.8) is 0 Å². The van der Waals surface area contributed by atoms with Gasteiger partial charge in [0.25, 0.3) is 0 Å². The highest BCUT2D eigenvalue weighted by Crippen LogP contribution is 2.45. The summed E-state index contributed by atoms with van der Waals surface area (Å²) in [7, 11) is 0. The number of aromatic nitrogens is 1. The van der Waals surface area contributed by atoms with Crippen LogP contribution in [0.2, 0.25) is 0 Å². The van der Waals surface area contributed by atoms with Gasteiger partial charge in [-0.05, 0) is 38.5 Å². The van der Waals surface area contributed by atoms with Crippen LogP contribution in [0.15, 0.2) is 5.38 Å². The van der Waals surface area contributed by atoms with E-state index in [4.69, 9.17) is 4.98 Å². The predicted molar refractivity (Wildman–Crippen MR) is 89.6 cm³/mol. The molecule has 3 rings (SSSR count). The number of aryl methyl sites for hydroxylation is 1. The Bertz CT molecular complexity index is 482. The van der Waals surface area contributed by atoms with Gasteiger partial charge in [-0.15, -0.1) is 11.3 Å². The van der Waals surface area contributed by atoms with E-state index in [0.717, 1.165) is 30.6 Å². The van der Waals surface area contributed by atoms with E-state index in [0.29, 0.717) is 11.6 Å². The third-order valence-corrected chi connectivity index (χ3v) is 6.59. The lowest BCUT2D eigenvalue weighted by Gasteiger charge is -2.49. The lowest BCUT2D eigenvalue weighted by atomic mass is 9.86. The van der Waals surface area contributed by atoms with Gasteiger partial charge in [-0.1, -0.05) is 20.3 Å². The van der Waals surface area contributed by atoms with E-state index in [1.807, 2.05) is 11.3 Å². The van der Waals surface area contributed by atoms with Crippen LogP contribution in [0.3, 0.4) is 0 Å². The molecule has 3 unspecified atom stereocenters. The summed E-state index contributed by atoms with van der Waals surface area (Å²) < 4.78 is 0. The van der Waals surface area contributed by atoms with Crippen molar-refractivity contribution in [3.05, 3.63) is 16.1 Å². The number of nitrogens with one attached hydrogen (secondary N) is 1. The van der Waals surface area contributed by atoms with Gasteiger partial charge < -0.3 is 5.32 Å². The van der Waals surface area contributed by atoms with E-state index < -0.39 is 0 Å². The van der Waals surface area contributed by atoms with E-state index >= 15 is 0 Å². The largest absolute Gasteiger partial charge is 0.311 e. The molecule has 1 N–H and O–H groups in total. The summed E-state index contributed by atoms with van der Waals surface area (Å²) in [5.41, 5.74) is 1.49. The molecule has 3 atom stereocenters. The van der Waals surface area contributed by atoms with Gasteiger partial charge in [-0.25, -0.2) is 4.98 Å². The first kappa shape index (κ1) is 15.4. The molecular formula is C17H29N3S. The van der Waals surface area contributed by atoms with Crippen molar-refractivity contribution in [1.29, 1.82) is 0 Å². The Morgan fingerprint density at radius 3 is 2.86 bits per heavy atom. The van der Waals surface area contributed by atoms with Crippen LogP contribution in [-0.2, 0) is 6.54 Å². The van der Waals surface area contributed by atoms with E-state index in [1.54, 1.807) is 0 Å². The molecule has 0 bridgehead atoms. The SMILES string of the molecule is CCC(C)C1CN(Cc2nc(C)cs2)C(C)(C2CC2)CN1. The van der Waals surface area contributed by atoms with Gasteiger partial charge in [0.15, 0.2) is 0 Å². The smallest absolute Gasteiger partial charge is 0.107 e. The van der Waals surface area contributed by atoms with Gasteiger partial charge in [0.1, 0.15) is 5.01 Å². The Morgan fingerprint density at radius 2 is 2.29 bits per heavy atom. The summed E-state index contributed by atoms with van der Waals surface area (Å²) in [5, 5.41) is 7.30. The van der Waals surface area contributed by atoms with E-state index in [1.165, 1.54) is 30.8 Å². The molecule has 21 heavy (non-hydrogen) atoms. The van der Waals surface area contributed by atoms with Crippen molar-refractivity contribution >= 4 is 11.3 Å². The second-order valence-electron chi connectivity index (χ2n) is 7.27.